The molecule has 0 amide bonds. The zero-order valence-corrected chi connectivity index (χ0v) is 8.25. The number of hydrogen-bond acceptors (Lipinski definition) is 3. The first-order valence-corrected chi connectivity index (χ1v) is 4.40. The van der Waals surface area contributed by atoms with Crippen LogP contribution in [0, 0.1) is 5.82 Å². The van der Waals surface area contributed by atoms with Gasteiger partial charge in [-0.1, -0.05) is 6.07 Å². The van der Waals surface area contributed by atoms with Crippen LogP contribution in [0.2, 0.25) is 0 Å². The zero-order valence-electron chi connectivity index (χ0n) is 6.67. The van der Waals surface area contributed by atoms with Crippen LogP contribution in [0.5, 0.6) is 5.75 Å². The summed E-state index contributed by atoms with van der Waals surface area (Å²) in [6.45, 7) is -0.300. The molecule has 0 aliphatic rings. The molecule has 0 spiro atoms. The van der Waals surface area contributed by atoms with Gasteiger partial charge in [0, 0.05) is 5.56 Å². The normalized spacial score (nSPS) is 12.9. The van der Waals surface area contributed by atoms with Crippen molar-refractivity contribution >= 4 is 15.9 Å². The van der Waals surface area contributed by atoms with Gasteiger partial charge >= 0.3 is 0 Å². The molecule has 1 aromatic carbocycles. The molecule has 0 aliphatic carbocycles. The van der Waals surface area contributed by atoms with E-state index in [4.69, 9.17) is 10.8 Å². The monoisotopic (exact) mass is 249 g/mol. The predicted molar refractivity (Wildman–Crippen MR) is 49.8 cm³/mol. The molecule has 4 N–H and O–H groups in total. The summed E-state index contributed by atoms with van der Waals surface area (Å²) in [6.07, 6.45) is 0. The van der Waals surface area contributed by atoms with Gasteiger partial charge in [-0.05, 0) is 22.0 Å². The van der Waals surface area contributed by atoms with Crippen molar-refractivity contribution in [2.24, 2.45) is 5.73 Å². The Kier molecular flexibility index (Phi) is 3.24. The fourth-order valence-electron chi connectivity index (χ4n) is 0.952. The Morgan fingerprint density at radius 3 is 2.69 bits per heavy atom. The molecule has 1 rings (SSSR count). The van der Waals surface area contributed by atoms with Gasteiger partial charge in [0.15, 0.2) is 0 Å². The van der Waals surface area contributed by atoms with Gasteiger partial charge in [-0.25, -0.2) is 4.39 Å². The minimum atomic E-state index is -0.697. The molecule has 0 aromatic heterocycles. The summed E-state index contributed by atoms with van der Waals surface area (Å²) in [6, 6.07) is 1.82. The Morgan fingerprint density at radius 2 is 2.15 bits per heavy atom. The van der Waals surface area contributed by atoms with Gasteiger partial charge in [-0.15, -0.1) is 0 Å². The van der Waals surface area contributed by atoms with Gasteiger partial charge < -0.3 is 15.9 Å². The molecule has 0 bridgehead atoms. The van der Waals surface area contributed by atoms with E-state index in [-0.39, 0.29) is 16.8 Å². The summed E-state index contributed by atoms with van der Waals surface area (Å²) in [5.74, 6) is -0.826. The molecule has 1 aromatic rings. The highest BCUT2D eigenvalue weighted by Gasteiger charge is 2.14. The lowest BCUT2D eigenvalue weighted by Crippen LogP contribution is -2.14. The van der Waals surface area contributed by atoms with Gasteiger partial charge in [0.05, 0.1) is 17.1 Å². The molecule has 3 nitrogen and oxygen atoms in total. The smallest absolute Gasteiger partial charge is 0.141 e. The Bertz CT molecular complexity index is 319. The SMILES string of the molecule is NC(CO)c1ccc(F)c(Br)c1O. The highest BCUT2D eigenvalue weighted by Crippen LogP contribution is 2.32. The Hall–Kier alpha value is -0.650. The van der Waals surface area contributed by atoms with E-state index < -0.39 is 11.9 Å². The molecule has 72 valence electrons. The van der Waals surface area contributed by atoms with Gasteiger partial charge in [0.2, 0.25) is 0 Å². The maximum Gasteiger partial charge on any atom is 0.141 e. The highest BCUT2D eigenvalue weighted by atomic mass is 79.9. The number of hydrogen-bond donors (Lipinski definition) is 3. The number of nitrogens with two attached hydrogens (primary N) is 1. The van der Waals surface area contributed by atoms with E-state index in [2.05, 4.69) is 15.9 Å². The largest absolute Gasteiger partial charge is 0.506 e. The van der Waals surface area contributed by atoms with Crippen molar-refractivity contribution in [3.8, 4) is 5.75 Å². The van der Waals surface area contributed by atoms with E-state index >= 15 is 0 Å². The van der Waals surface area contributed by atoms with E-state index in [1.807, 2.05) is 0 Å². The molecule has 0 radical (unpaired) electrons. The third kappa shape index (κ3) is 1.99. The summed E-state index contributed by atoms with van der Waals surface area (Å²) >= 11 is 2.87. The van der Waals surface area contributed by atoms with Crippen LogP contribution in [0.1, 0.15) is 11.6 Å². The van der Waals surface area contributed by atoms with Crippen LogP contribution >= 0.6 is 15.9 Å². The number of aromatic hydroxyl groups is 1. The van der Waals surface area contributed by atoms with Crippen molar-refractivity contribution in [2.75, 3.05) is 6.61 Å². The summed E-state index contributed by atoms with van der Waals surface area (Å²) in [4.78, 5) is 0. The summed E-state index contributed by atoms with van der Waals surface area (Å²) in [5.41, 5.74) is 5.78. The fraction of sp³-hybridized carbons (Fsp3) is 0.250. The first-order valence-electron chi connectivity index (χ1n) is 3.61. The molecule has 0 aliphatic heterocycles. The lowest BCUT2D eigenvalue weighted by Gasteiger charge is -2.11. The second-order valence-corrected chi connectivity index (χ2v) is 3.38. The Morgan fingerprint density at radius 1 is 1.54 bits per heavy atom. The lowest BCUT2D eigenvalue weighted by molar-refractivity contribution is 0.265. The van der Waals surface area contributed by atoms with Gasteiger partial charge in [0.25, 0.3) is 0 Å². The van der Waals surface area contributed by atoms with E-state index in [9.17, 15) is 9.50 Å². The second kappa shape index (κ2) is 4.04. The zero-order chi connectivity index (χ0) is 10.0. The van der Waals surface area contributed by atoms with Gasteiger partial charge in [0.1, 0.15) is 11.6 Å². The predicted octanol–water partition coefficient (Wildman–Crippen LogP) is 1.29. The molecule has 5 heteroatoms. The van der Waals surface area contributed by atoms with E-state index in [0.717, 1.165) is 0 Å². The molecule has 0 heterocycles. The van der Waals surface area contributed by atoms with Crippen molar-refractivity contribution in [2.45, 2.75) is 6.04 Å². The third-order valence-electron chi connectivity index (χ3n) is 1.70. The Balaban J connectivity index is 3.18. The maximum atomic E-state index is 12.8. The molecule has 1 unspecified atom stereocenters. The number of aliphatic hydroxyl groups is 1. The number of benzene rings is 1. The van der Waals surface area contributed by atoms with Crippen molar-refractivity contribution in [3.63, 3.8) is 0 Å². The first-order chi connectivity index (χ1) is 6.07. The van der Waals surface area contributed by atoms with Crippen molar-refractivity contribution < 1.29 is 14.6 Å². The van der Waals surface area contributed by atoms with Crippen LogP contribution in [-0.2, 0) is 0 Å². The summed E-state index contributed by atoms with van der Waals surface area (Å²) < 4.78 is 12.8. The van der Waals surface area contributed by atoms with Crippen LogP contribution < -0.4 is 5.73 Å². The maximum absolute atomic E-state index is 12.8. The van der Waals surface area contributed by atoms with Crippen LogP contribution in [0.15, 0.2) is 16.6 Å². The van der Waals surface area contributed by atoms with Crippen molar-refractivity contribution in [3.05, 3.63) is 28.0 Å². The number of phenolic OH excluding ortho intramolecular Hbond substituents is 1. The van der Waals surface area contributed by atoms with Gasteiger partial charge in [-0.3, -0.25) is 0 Å². The minimum Gasteiger partial charge on any atom is -0.506 e. The average molecular weight is 250 g/mol. The lowest BCUT2D eigenvalue weighted by atomic mass is 10.1. The quantitative estimate of drug-likeness (QED) is 0.740. The van der Waals surface area contributed by atoms with E-state index in [1.165, 1.54) is 12.1 Å². The molecule has 0 fully saturated rings. The topological polar surface area (TPSA) is 66.5 Å². The summed E-state index contributed by atoms with van der Waals surface area (Å²) in [7, 11) is 0. The molecule has 13 heavy (non-hydrogen) atoms. The second-order valence-electron chi connectivity index (χ2n) is 2.59. The summed E-state index contributed by atoms with van der Waals surface area (Å²) in [5, 5.41) is 18.1. The average Bonchev–Trinajstić information content (AvgIpc) is 2.13. The van der Waals surface area contributed by atoms with Crippen molar-refractivity contribution in [1.29, 1.82) is 0 Å². The van der Waals surface area contributed by atoms with E-state index in [1.54, 1.807) is 0 Å². The molecule has 0 saturated heterocycles. The number of halogens is 2. The number of aliphatic hydroxyl groups excluding tert-OH is 1. The fourth-order valence-corrected chi connectivity index (χ4v) is 1.31. The van der Waals surface area contributed by atoms with Gasteiger partial charge in [-0.2, -0.15) is 0 Å². The van der Waals surface area contributed by atoms with Crippen LogP contribution in [-0.4, -0.2) is 16.8 Å². The number of phenols is 1. The molecule has 1 atom stereocenters. The standard InChI is InChI=1S/C8H9BrFNO2/c9-7-5(10)2-1-4(8(7)13)6(11)3-12/h1-2,6,12-13H,3,11H2. The third-order valence-corrected chi connectivity index (χ3v) is 2.45. The molecule has 0 saturated carbocycles. The number of rotatable bonds is 2. The first kappa shape index (κ1) is 10.4. The van der Waals surface area contributed by atoms with Crippen LogP contribution in [0.3, 0.4) is 0 Å². The highest BCUT2D eigenvalue weighted by molar-refractivity contribution is 9.10. The van der Waals surface area contributed by atoms with E-state index in [0.29, 0.717) is 5.56 Å². The molecular weight excluding hydrogens is 241 g/mol. The molecular formula is C8H9BrFNO2. The Labute approximate surface area is 83.1 Å². The minimum absolute atomic E-state index is 0.0334. The van der Waals surface area contributed by atoms with Crippen molar-refractivity contribution in [1.82, 2.24) is 0 Å². The van der Waals surface area contributed by atoms with Crippen LogP contribution in [0.25, 0.3) is 0 Å². The van der Waals surface area contributed by atoms with Crippen LogP contribution in [0.4, 0.5) is 4.39 Å².